The maximum absolute atomic E-state index is 12.2. The monoisotopic (exact) mass is 254 g/mol. The Bertz CT molecular complexity index is 282. The van der Waals surface area contributed by atoms with Crippen molar-refractivity contribution in [2.75, 3.05) is 19.7 Å². The van der Waals surface area contributed by atoms with Crippen molar-refractivity contribution >= 4 is 5.91 Å². The number of hydrogen-bond donors (Lipinski definition) is 1. The van der Waals surface area contributed by atoms with Crippen LogP contribution in [0.4, 0.5) is 0 Å². The van der Waals surface area contributed by atoms with Gasteiger partial charge in [-0.3, -0.25) is 4.79 Å². The fraction of sp³-hybridized carbons (Fsp3) is 0.929. The molecule has 1 aliphatic heterocycles. The van der Waals surface area contributed by atoms with E-state index in [1.54, 1.807) is 0 Å². The van der Waals surface area contributed by atoms with Gasteiger partial charge in [0.15, 0.2) is 0 Å². The van der Waals surface area contributed by atoms with E-state index in [9.17, 15) is 4.79 Å². The van der Waals surface area contributed by atoms with Gasteiger partial charge in [0, 0.05) is 18.6 Å². The number of ether oxygens (including phenoxy) is 1. The number of carbonyl (C=O) groups is 1. The van der Waals surface area contributed by atoms with Crippen molar-refractivity contribution in [2.24, 2.45) is 5.73 Å². The van der Waals surface area contributed by atoms with E-state index >= 15 is 0 Å². The van der Waals surface area contributed by atoms with Crippen LogP contribution in [0.5, 0.6) is 0 Å². The number of rotatable bonds is 4. The Morgan fingerprint density at radius 1 is 1.22 bits per heavy atom. The molecule has 1 aliphatic carbocycles. The van der Waals surface area contributed by atoms with Crippen molar-refractivity contribution in [2.45, 2.75) is 63.5 Å². The highest BCUT2D eigenvalue weighted by Crippen LogP contribution is 2.27. The summed E-state index contributed by atoms with van der Waals surface area (Å²) in [6.07, 6.45) is 7.57. The average molecular weight is 254 g/mol. The topological polar surface area (TPSA) is 55.6 Å². The smallest absolute Gasteiger partial charge is 0.251 e. The summed E-state index contributed by atoms with van der Waals surface area (Å²) >= 11 is 0. The summed E-state index contributed by atoms with van der Waals surface area (Å²) < 4.78 is 5.73. The van der Waals surface area contributed by atoms with Gasteiger partial charge in [-0.25, -0.2) is 0 Å². The number of nitrogens with zero attached hydrogens (tertiary/aromatic N) is 1. The van der Waals surface area contributed by atoms with E-state index in [0.717, 1.165) is 38.8 Å². The second kappa shape index (κ2) is 6.02. The highest BCUT2D eigenvalue weighted by molar-refractivity contribution is 5.80. The number of amides is 1. The molecule has 1 saturated carbocycles. The largest absolute Gasteiger partial charge is 0.367 e. The highest BCUT2D eigenvalue weighted by Gasteiger charge is 2.31. The molecule has 2 rings (SSSR count). The third-order valence-corrected chi connectivity index (χ3v) is 4.24. The van der Waals surface area contributed by atoms with Crippen molar-refractivity contribution in [1.29, 1.82) is 0 Å². The standard InChI is InChI=1S/C14H26N2O2/c1-12(13(17)16-9-5-2-6-10-16)18-11-14(15)7-3-4-8-14/h12H,2-11,15H2,1H3. The van der Waals surface area contributed by atoms with Crippen molar-refractivity contribution in [3.8, 4) is 0 Å². The molecule has 104 valence electrons. The van der Waals surface area contributed by atoms with Gasteiger partial charge in [-0.05, 0) is 39.0 Å². The first kappa shape index (κ1) is 13.8. The van der Waals surface area contributed by atoms with E-state index in [1.807, 2.05) is 11.8 Å². The SMILES string of the molecule is CC(OCC1(N)CCCC1)C(=O)N1CCCCC1. The van der Waals surface area contributed by atoms with Gasteiger partial charge in [-0.15, -0.1) is 0 Å². The zero-order valence-corrected chi connectivity index (χ0v) is 11.5. The number of carbonyl (C=O) groups excluding carboxylic acids is 1. The number of hydrogen-bond acceptors (Lipinski definition) is 3. The van der Waals surface area contributed by atoms with Gasteiger partial charge in [-0.2, -0.15) is 0 Å². The first-order valence-corrected chi connectivity index (χ1v) is 7.30. The Hall–Kier alpha value is -0.610. The van der Waals surface area contributed by atoms with E-state index < -0.39 is 0 Å². The minimum atomic E-state index is -0.343. The fourth-order valence-electron chi connectivity index (χ4n) is 2.96. The minimum absolute atomic E-state index is 0.135. The van der Waals surface area contributed by atoms with Crippen molar-refractivity contribution in [3.05, 3.63) is 0 Å². The molecule has 2 N–H and O–H groups in total. The van der Waals surface area contributed by atoms with E-state index in [4.69, 9.17) is 10.5 Å². The summed E-state index contributed by atoms with van der Waals surface area (Å²) in [5.74, 6) is 0.135. The predicted molar refractivity (Wildman–Crippen MR) is 71.2 cm³/mol. The van der Waals surface area contributed by atoms with Crippen molar-refractivity contribution < 1.29 is 9.53 Å². The molecule has 1 atom stereocenters. The lowest BCUT2D eigenvalue weighted by atomic mass is 10.0. The van der Waals surface area contributed by atoms with Gasteiger partial charge in [0.1, 0.15) is 6.10 Å². The molecule has 2 aliphatic rings. The summed E-state index contributed by atoms with van der Waals surface area (Å²) in [5, 5.41) is 0. The Labute approximate surface area is 110 Å². The van der Waals surface area contributed by atoms with E-state index in [-0.39, 0.29) is 17.6 Å². The minimum Gasteiger partial charge on any atom is -0.367 e. The predicted octanol–water partition coefficient (Wildman–Crippen LogP) is 1.68. The Kier molecular flexibility index (Phi) is 4.62. The molecule has 1 heterocycles. The van der Waals surface area contributed by atoms with E-state index in [1.165, 1.54) is 19.3 Å². The van der Waals surface area contributed by atoms with Crippen LogP contribution in [0.25, 0.3) is 0 Å². The van der Waals surface area contributed by atoms with Crippen LogP contribution in [0.3, 0.4) is 0 Å². The normalized spacial score (nSPS) is 25.1. The van der Waals surface area contributed by atoms with Crippen molar-refractivity contribution in [3.63, 3.8) is 0 Å². The van der Waals surface area contributed by atoms with Crippen LogP contribution in [0.1, 0.15) is 51.9 Å². The maximum Gasteiger partial charge on any atom is 0.251 e. The van der Waals surface area contributed by atoms with Crippen LogP contribution < -0.4 is 5.73 Å². The summed E-state index contributed by atoms with van der Waals surface area (Å²) in [6.45, 7) is 4.16. The Morgan fingerprint density at radius 2 is 1.83 bits per heavy atom. The lowest BCUT2D eigenvalue weighted by Gasteiger charge is -2.31. The molecule has 0 radical (unpaired) electrons. The molecule has 1 unspecified atom stereocenters. The molecule has 1 saturated heterocycles. The fourth-order valence-corrected chi connectivity index (χ4v) is 2.96. The van der Waals surface area contributed by atoms with Gasteiger partial charge in [0.05, 0.1) is 6.61 Å². The first-order chi connectivity index (χ1) is 8.61. The van der Waals surface area contributed by atoms with Crippen LogP contribution in [-0.4, -0.2) is 42.1 Å². The molecular weight excluding hydrogens is 228 g/mol. The molecule has 1 amide bonds. The molecule has 0 spiro atoms. The second-order valence-electron chi connectivity index (χ2n) is 5.91. The third kappa shape index (κ3) is 3.45. The Balaban J connectivity index is 1.76. The average Bonchev–Trinajstić information content (AvgIpc) is 2.83. The third-order valence-electron chi connectivity index (χ3n) is 4.24. The van der Waals surface area contributed by atoms with Gasteiger partial charge in [0.2, 0.25) is 0 Å². The molecule has 0 aromatic heterocycles. The van der Waals surface area contributed by atoms with Crippen LogP contribution in [-0.2, 0) is 9.53 Å². The van der Waals surface area contributed by atoms with Gasteiger partial charge in [-0.1, -0.05) is 12.8 Å². The Morgan fingerprint density at radius 3 is 2.44 bits per heavy atom. The van der Waals surface area contributed by atoms with Crippen LogP contribution in [0.2, 0.25) is 0 Å². The van der Waals surface area contributed by atoms with E-state index in [0.29, 0.717) is 6.61 Å². The van der Waals surface area contributed by atoms with Crippen LogP contribution >= 0.6 is 0 Å². The molecule has 18 heavy (non-hydrogen) atoms. The van der Waals surface area contributed by atoms with Crippen molar-refractivity contribution in [1.82, 2.24) is 4.90 Å². The molecule has 2 fully saturated rings. The lowest BCUT2D eigenvalue weighted by molar-refractivity contribution is -0.144. The van der Waals surface area contributed by atoms with E-state index in [2.05, 4.69) is 0 Å². The van der Waals surface area contributed by atoms with Gasteiger partial charge >= 0.3 is 0 Å². The highest BCUT2D eigenvalue weighted by atomic mass is 16.5. The molecule has 0 aromatic rings. The molecule has 0 bridgehead atoms. The molecule has 4 heteroatoms. The van der Waals surface area contributed by atoms with Crippen LogP contribution in [0, 0.1) is 0 Å². The zero-order valence-electron chi connectivity index (χ0n) is 11.5. The maximum atomic E-state index is 12.2. The summed E-state index contributed by atoms with van der Waals surface area (Å²) in [4.78, 5) is 14.1. The van der Waals surface area contributed by atoms with Gasteiger partial charge in [0.25, 0.3) is 5.91 Å². The molecular formula is C14H26N2O2. The number of likely N-dealkylation sites (tertiary alicyclic amines) is 1. The quantitative estimate of drug-likeness (QED) is 0.830. The summed E-state index contributed by atoms with van der Waals surface area (Å²) in [6, 6.07) is 0. The summed E-state index contributed by atoms with van der Waals surface area (Å²) in [5.41, 5.74) is 6.05. The second-order valence-corrected chi connectivity index (χ2v) is 5.91. The number of piperidine rings is 1. The number of nitrogens with two attached hydrogens (primary N) is 1. The molecule has 4 nitrogen and oxygen atoms in total. The molecule has 0 aromatic carbocycles. The van der Waals surface area contributed by atoms with Gasteiger partial charge < -0.3 is 15.4 Å². The van der Waals surface area contributed by atoms with Crippen LogP contribution in [0.15, 0.2) is 0 Å². The lowest BCUT2D eigenvalue weighted by Crippen LogP contribution is -2.46. The summed E-state index contributed by atoms with van der Waals surface area (Å²) in [7, 11) is 0. The zero-order chi connectivity index (χ0) is 13.0. The first-order valence-electron chi connectivity index (χ1n) is 7.30.